The van der Waals surface area contributed by atoms with Gasteiger partial charge in [-0.15, -0.1) is 13.2 Å². The first-order chi connectivity index (χ1) is 10.2. The van der Waals surface area contributed by atoms with Crippen molar-refractivity contribution in [3.63, 3.8) is 0 Å². The summed E-state index contributed by atoms with van der Waals surface area (Å²) >= 11 is 0. The quantitative estimate of drug-likeness (QED) is 0.846. The first-order valence-corrected chi connectivity index (χ1v) is 6.69. The van der Waals surface area contributed by atoms with Crippen LogP contribution in [0.4, 0.5) is 18.0 Å². The van der Waals surface area contributed by atoms with Crippen molar-refractivity contribution in [2.75, 3.05) is 13.6 Å². The molecule has 1 atom stereocenters. The zero-order valence-corrected chi connectivity index (χ0v) is 12.4. The van der Waals surface area contributed by atoms with Crippen LogP contribution < -0.4 is 10.1 Å². The molecule has 1 rings (SSSR count). The first-order valence-electron chi connectivity index (χ1n) is 6.69. The smallest absolute Gasteiger partial charge is 0.405 e. The maximum absolute atomic E-state index is 12.3. The summed E-state index contributed by atoms with van der Waals surface area (Å²) in [6.07, 6.45) is -4.90. The predicted octanol–water partition coefficient (Wildman–Crippen LogP) is 2.50. The van der Waals surface area contributed by atoms with Gasteiger partial charge in [-0.1, -0.05) is 18.2 Å². The van der Waals surface area contributed by atoms with Crippen LogP contribution >= 0.6 is 0 Å². The summed E-state index contributed by atoms with van der Waals surface area (Å²) in [6, 6.07) is 5.16. The Hall–Kier alpha value is -1.96. The molecule has 22 heavy (non-hydrogen) atoms. The highest BCUT2D eigenvalue weighted by Crippen LogP contribution is 2.26. The Morgan fingerprint density at radius 2 is 2.05 bits per heavy atom. The van der Waals surface area contributed by atoms with Crippen molar-refractivity contribution >= 4 is 6.03 Å². The molecular formula is C14H19F3N2O3. The number of benzene rings is 1. The maximum Gasteiger partial charge on any atom is 0.573 e. The lowest BCUT2D eigenvalue weighted by Gasteiger charge is -2.19. The number of aliphatic hydroxyl groups is 1. The predicted molar refractivity (Wildman–Crippen MR) is 74.3 cm³/mol. The summed E-state index contributed by atoms with van der Waals surface area (Å²) in [5, 5.41) is 11.7. The van der Waals surface area contributed by atoms with Crippen molar-refractivity contribution in [1.29, 1.82) is 0 Å². The average Bonchev–Trinajstić information content (AvgIpc) is 2.41. The van der Waals surface area contributed by atoms with Crippen LogP contribution in [0.5, 0.6) is 5.75 Å². The van der Waals surface area contributed by atoms with Crippen LogP contribution in [0.2, 0.25) is 0 Å². The molecule has 0 radical (unpaired) electrons. The van der Waals surface area contributed by atoms with E-state index in [4.69, 9.17) is 5.11 Å². The van der Waals surface area contributed by atoms with Crippen molar-refractivity contribution in [2.24, 2.45) is 0 Å². The number of urea groups is 1. The largest absolute Gasteiger partial charge is 0.573 e. The number of carbonyl (C=O) groups excluding carboxylic acids is 1. The molecule has 2 amide bonds. The van der Waals surface area contributed by atoms with Crippen molar-refractivity contribution in [3.05, 3.63) is 29.8 Å². The minimum Gasteiger partial charge on any atom is -0.405 e. The van der Waals surface area contributed by atoms with Gasteiger partial charge in [-0.05, 0) is 19.4 Å². The van der Waals surface area contributed by atoms with Gasteiger partial charge < -0.3 is 20.1 Å². The number of carbonyl (C=O) groups is 1. The van der Waals surface area contributed by atoms with E-state index >= 15 is 0 Å². The van der Waals surface area contributed by atoms with Crippen LogP contribution in [0.1, 0.15) is 18.9 Å². The molecule has 1 aromatic carbocycles. The molecule has 0 spiro atoms. The highest BCUT2D eigenvalue weighted by molar-refractivity contribution is 5.73. The van der Waals surface area contributed by atoms with E-state index in [-0.39, 0.29) is 17.9 Å². The molecule has 124 valence electrons. The van der Waals surface area contributed by atoms with Gasteiger partial charge in [-0.25, -0.2) is 4.79 Å². The fraction of sp³-hybridized carbons (Fsp3) is 0.500. The molecule has 0 heterocycles. The molecule has 0 bridgehead atoms. The van der Waals surface area contributed by atoms with E-state index < -0.39 is 18.5 Å². The Morgan fingerprint density at radius 3 is 2.64 bits per heavy atom. The van der Waals surface area contributed by atoms with E-state index in [0.717, 1.165) is 0 Å². The number of para-hydroxylation sites is 1. The zero-order chi connectivity index (χ0) is 16.8. The molecule has 0 aliphatic carbocycles. The van der Waals surface area contributed by atoms with Crippen molar-refractivity contribution < 1.29 is 27.8 Å². The summed E-state index contributed by atoms with van der Waals surface area (Å²) in [4.78, 5) is 13.1. The monoisotopic (exact) mass is 320 g/mol. The summed E-state index contributed by atoms with van der Waals surface area (Å²) in [5.41, 5.74) is 0.220. The summed E-state index contributed by atoms with van der Waals surface area (Å²) in [6.45, 7) is 1.85. The number of nitrogens with one attached hydrogen (secondary N) is 1. The standard InChI is InChI=1S/C14H19F3N2O3/c1-10(20)7-8-19(2)13(21)18-9-11-5-3-4-6-12(11)22-14(15,16)17/h3-6,10,20H,7-9H2,1-2H3,(H,18,21). The van der Waals surface area contributed by atoms with E-state index in [1.54, 1.807) is 13.0 Å². The Morgan fingerprint density at radius 1 is 1.41 bits per heavy atom. The van der Waals surface area contributed by atoms with Gasteiger partial charge in [-0.3, -0.25) is 0 Å². The van der Waals surface area contributed by atoms with Crippen molar-refractivity contribution in [2.45, 2.75) is 32.4 Å². The lowest BCUT2D eigenvalue weighted by molar-refractivity contribution is -0.274. The molecule has 1 unspecified atom stereocenters. The Kier molecular flexibility index (Phi) is 6.48. The number of hydrogen-bond donors (Lipinski definition) is 2. The molecule has 0 fully saturated rings. The zero-order valence-electron chi connectivity index (χ0n) is 12.4. The number of hydrogen-bond acceptors (Lipinski definition) is 3. The molecule has 8 heteroatoms. The summed E-state index contributed by atoms with van der Waals surface area (Å²) < 4.78 is 40.8. The number of ether oxygens (including phenoxy) is 1. The maximum atomic E-state index is 12.3. The molecule has 0 aliphatic heterocycles. The highest BCUT2D eigenvalue weighted by atomic mass is 19.4. The van der Waals surface area contributed by atoms with Crippen LogP contribution in [0.15, 0.2) is 24.3 Å². The van der Waals surface area contributed by atoms with Gasteiger partial charge >= 0.3 is 12.4 Å². The number of nitrogens with zero attached hydrogens (tertiary/aromatic N) is 1. The fourth-order valence-corrected chi connectivity index (χ4v) is 1.66. The molecular weight excluding hydrogens is 301 g/mol. The van der Waals surface area contributed by atoms with E-state index in [2.05, 4.69) is 10.1 Å². The van der Waals surface area contributed by atoms with Gasteiger partial charge in [0.05, 0.1) is 6.10 Å². The summed E-state index contributed by atoms with van der Waals surface area (Å²) in [7, 11) is 1.54. The summed E-state index contributed by atoms with van der Waals surface area (Å²) in [5.74, 6) is -0.345. The number of rotatable bonds is 6. The molecule has 0 aromatic heterocycles. The van der Waals surface area contributed by atoms with Crippen LogP contribution in [0.3, 0.4) is 0 Å². The normalized spacial score (nSPS) is 12.6. The fourth-order valence-electron chi connectivity index (χ4n) is 1.66. The van der Waals surface area contributed by atoms with E-state index in [9.17, 15) is 18.0 Å². The van der Waals surface area contributed by atoms with Gasteiger partial charge in [0.1, 0.15) is 5.75 Å². The third kappa shape index (κ3) is 6.66. The third-order valence-electron chi connectivity index (χ3n) is 2.86. The molecule has 0 saturated carbocycles. The van der Waals surface area contributed by atoms with Gasteiger partial charge in [0.2, 0.25) is 0 Å². The Labute approximate surface area is 126 Å². The van der Waals surface area contributed by atoms with E-state index in [1.165, 1.54) is 30.1 Å². The Balaban J connectivity index is 2.59. The first kappa shape index (κ1) is 18.1. The number of amides is 2. The second-order valence-corrected chi connectivity index (χ2v) is 4.87. The molecule has 0 aliphatic rings. The topological polar surface area (TPSA) is 61.8 Å². The van der Waals surface area contributed by atoms with Gasteiger partial charge in [0, 0.05) is 25.7 Å². The van der Waals surface area contributed by atoms with E-state index in [0.29, 0.717) is 13.0 Å². The number of aliphatic hydroxyl groups excluding tert-OH is 1. The lowest BCUT2D eigenvalue weighted by Crippen LogP contribution is -2.38. The SMILES string of the molecule is CC(O)CCN(C)C(=O)NCc1ccccc1OC(F)(F)F. The number of halogens is 3. The third-order valence-corrected chi connectivity index (χ3v) is 2.86. The highest BCUT2D eigenvalue weighted by Gasteiger charge is 2.32. The van der Waals surface area contributed by atoms with E-state index in [1.807, 2.05) is 0 Å². The lowest BCUT2D eigenvalue weighted by atomic mass is 10.2. The molecule has 5 nitrogen and oxygen atoms in total. The van der Waals surface area contributed by atoms with Crippen LogP contribution in [-0.4, -0.2) is 42.1 Å². The molecule has 0 saturated heterocycles. The van der Waals surface area contributed by atoms with Gasteiger partial charge in [-0.2, -0.15) is 0 Å². The van der Waals surface area contributed by atoms with Crippen molar-refractivity contribution in [3.8, 4) is 5.75 Å². The molecule has 1 aromatic rings. The molecule has 2 N–H and O–H groups in total. The van der Waals surface area contributed by atoms with Crippen LogP contribution in [-0.2, 0) is 6.54 Å². The second kappa shape index (κ2) is 7.88. The minimum atomic E-state index is -4.78. The minimum absolute atomic E-state index is 0.0931. The van der Waals surface area contributed by atoms with Crippen molar-refractivity contribution in [1.82, 2.24) is 10.2 Å². The van der Waals surface area contributed by atoms with Crippen LogP contribution in [0, 0.1) is 0 Å². The number of alkyl halides is 3. The van der Waals surface area contributed by atoms with Gasteiger partial charge in [0.15, 0.2) is 0 Å². The average molecular weight is 320 g/mol. The Bertz CT molecular complexity index is 492. The van der Waals surface area contributed by atoms with Crippen LogP contribution in [0.25, 0.3) is 0 Å². The van der Waals surface area contributed by atoms with Gasteiger partial charge in [0.25, 0.3) is 0 Å². The second-order valence-electron chi connectivity index (χ2n) is 4.87.